The highest BCUT2D eigenvalue weighted by molar-refractivity contribution is 5.76. The van der Waals surface area contributed by atoms with Crippen LogP contribution in [0.25, 0.3) is 0 Å². The molecule has 0 N–H and O–H groups in total. The molecule has 0 unspecified atom stereocenters. The molecule has 2 heteroatoms. The largest absolute Gasteiger partial charge is 0.314 e. The van der Waals surface area contributed by atoms with Crippen molar-refractivity contribution in [2.45, 2.75) is 19.8 Å². The molecule has 0 radical (unpaired) electrons. The van der Waals surface area contributed by atoms with E-state index in [2.05, 4.69) is 35.8 Å². The van der Waals surface area contributed by atoms with Crippen molar-refractivity contribution in [2.24, 2.45) is 0 Å². The number of allylic oxidation sites excluding steroid dienone is 8. The van der Waals surface area contributed by atoms with Crippen LogP contribution in [0.3, 0.4) is 0 Å². The van der Waals surface area contributed by atoms with Crippen LogP contribution in [0.1, 0.15) is 30.1 Å². The topological polar surface area (TPSA) is 20.3 Å². The quantitative estimate of drug-likeness (QED) is 0.531. The van der Waals surface area contributed by atoms with E-state index < -0.39 is 0 Å². The Morgan fingerprint density at radius 1 is 1.27 bits per heavy atom. The third-order valence-corrected chi connectivity index (χ3v) is 3.45. The Balaban J connectivity index is 2.50. The van der Waals surface area contributed by atoms with E-state index in [0.29, 0.717) is 5.56 Å². The maximum absolute atomic E-state index is 10.9. The van der Waals surface area contributed by atoms with Crippen LogP contribution in [0.15, 0.2) is 84.8 Å². The van der Waals surface area contributed by atoms with Crippen molar-refractivity contribution in [1.82, 2.24) is 0 Å². The summed E-state index contributed by atoms with van der Waals surface area (Å²) in [7, 11) is 0. The van der Waals surface area contributed by atoms with Crippen LogP contribution in [-0.2, 0) is 0 Å². The number of hydrogen-bond acceptors (Lipinski definition) is 2. The van der Waals surface area contributed by atoms with Crippen molar-refractivity contribution in [3.8, 4) is 0 Å². The Bertz CT molecular complexity index is 645. The van der Waals surface area contributed by atoms with Crippen molar-refractivity contribution < 1.29 is 4.79 Å². The minimum Gasteiger partial charge on any atom is -0.314 e. The molecular formula is C20H21NO. The second kappa shape index (κ2) is 7.99. The number of aldehydes is 1. The lowest BCUT2D eigenvalue weighted by Gasteiger charge is -2.29. The monoisotopic (exact) mass is 291 g/mol. The van der Waals surface area contributed by atoms with Gasteiger partial charge in [-0.1, -0.05) is 30.9 Å². The molecule has 112 valence electrons. The van der Waals surface area contributed by atoms with Gasteiger partial charge >= 0.3 is 0 Å². The molecule has 0 atom stereocenters. The lowest BCUT2D eigenvalue weighted by Crippen LogP contribution is -2.21. The Labute approximate surface area is 132 Å². The van der Waals surface area contributed by atoms with Crippen molar-refractivity contribution in [2.75, 3.05) is 4.90 Å². The standard InChI is InChI=1S/C20H21NO/c1-3-8-18(9-4-2)21(19-10-6-5-7-11-19)20-14-12-17(16-22)13-15-20/h3-6,8-10,12-16H,1,7,11H2,2H3/b9-4-,18-8+. The van der Waals surface area contributed by atoms with E-state index in [1.54, 1.807) is 6.08 Å². The zero-order valence-corrected chi connectivity index (χ0v) is 12.9. The maximum atomic E-state index is 10.9. The molecule has 1 aromatic rings. The zero-order chi connectivity index (χ0) is 15.8. The third kappa shape index (κ3) is 3.73. The van der Waals surface area contributed by atoms with Crippen LogP contribution in [0.2, 0.25) is 0 Å². The first-order valence-corrected chi connectivity index (χ1v) is 7.46. The van der Waals surface area contributed by atoms with Crippen LogP contribution in [-0.4, -0.2) is 6.29 Å². The lowest BCUT2D eigenvalue weighted by molar-refractivity contribution is 0.112. The van der Waals surface area contributed by atoms with E-state index >= 15 is 0 Å². The Morgan fingerprint density at radius 2 is 2.05 bits per heavy atom. The van der Waals surface area contributed by atoms with Gasteiger partial charge in [-0.15, -0.1) is 0 Å². The smallest absolute Gasteiger partial charge is 0.150 e. The molecule has 0 aromatic heterocycles. The van der Waals surface area contributed by atoms with E-state index in [-0.39, 0.29) is 0 Å². The molecule has 0 fully saturated rings. The van der Waals surface area contributed by atoms with Crippen molar-refractivity contribution in [3.05, 3.63) is 90.3 Å². The predicted octanol–water partition coefficient (Wildman–Crippen LogP) is 5.19. The van der Waals surface area contributed by atoms with Gasteiger partial charge < -0.3 is 4.90 Å². The molecule has 0 heterocycles. The molecule has 1 aromatic carbocycles. The minimum atomic E-state index is 0.682. The summed E-state index contributed by atoms with van der Waals surface area (Å²) in [6.07, 6.45) is 17.1. The first-order chi connectivity index (χ1) is 10.8. The normalized spacial score (nSPS) is 14.8. The summed E-state index contributed by atoms with van der Waals surface area (Å²) in [5.74, 6) is 0. The highest BCUT2D eigenvalue weighted by Crippen LogP contribution is 2.29. The minimum absolute atomic E-state index is 0.682. The number of carbonyl (C=O) groups excluding carboxylic acids is 1. The number of hydrogen-bond donors (Lipinski definition) is 0. The molecule has 0 aliphatic heterocycles. The fourth-order valence-corrected chi connectivity index (χ4v) is 2.46. The summed E-state index contributed by atoms with van der Waals surface area (Å²) in [5.41, 5.74) is 4.00. The number of rotatable bonds is 6. The Kier molecular flexibility index (Phi) is 5.73. The molecule has 22 heavy (non-hydrogen) atoms. The summed E-state index contributed by atoms with van der Waals surface area (Å²) >= 11 is 0. The van der Waals surface area contributed by atoms with Gasteiger partial charge in [0.05, 0.1) is 0 Å². The molecule has 0 saturated carbocycles. The van der Waals surface area contributed by atoms with E-state index in [4.69, 9.17) is 0 Å². The highest BCUT2D eigenvalue weighted by atomic mass is 16.1. The molecule has 2 nitrogen and oxygen atoms in total. The van der Waals surface area contributed by atoms with Crippen molar-refractivity contribution >= 4 is 12.0 Å². The Hall–Kier alpha value is -2.61. The van der Waals surface area contributed by atoms with Gasteiger partial charge in [-0.05, 0) is 62.3 Å². The number of anilines is 1. The number of nitrogens with zero attached hydrogens (tertiary/aromatic N) is 1. The molecule has 1 aliphatic rings. The SMILES string of the molecule is C=C/C=C(\C=C/C)N(C1=CC=CCC1)c1ccc(C=O)cc1. The van der Waals surface area contributed by atoms with Gasteiger partial charge in [0.1, 0.15) is 6.29 Å². The molecule has 0 saturated heterocycles. The first-order valence-electron chi connectivity index (χ1n) is 7.46. The number of carbonyl (C=O) groups is 1. The Morgan fingerprint density at radius 3 is 2.59 bits per heavy atom. The summed E-state index contributed by atoms with van der Waals surface area (Å²) in [5, 5.41) is 0. The molecule has 0 amide bonds. The van der Waals surface area contributed by atoms with E-state index in [1.807, 2.05) is 43.3 Å². The van der Waals surface area contributed by atoms with Crippen LogP contribution in [0.4, 0.5) is 5.69 Å². The number of benzene rings is 1. The van der Waals surface area contributed by atoms with E-state index in [0.717, 1.165) is 30.5 Å². The van der Waals surface area contributed by atoms with Gasteiger partial charge in [0.25, 0.3) is 0 Å². The second-order valence-electron chi connectivity index (χ2n) is 5.00. The summed E-state index contributed by atoms with van der Waals surface area (Å²) in [6.45, 7) is 5.81. The fraction of sp³-hybridized carbons (Fsp3) is 0.150. The lowest BCUT2D eigenvalue weighted by atomic mass is 10.1. The van der Waals surface area contributed by atoms with Gasteiger partial charge in [-0.3, -0.25) is 4.79 Å². The average Bonchev–Trinajstić information content (AvgIpc) is 2.57. The molecule has 1 aliphatic carbocycles. The summed E-state index contributed by atoms with van der Waals surface area (Å²) < 4.78 is 0. The summed E-state index contributed by atoms with van der Waals surface area (Å²) in [6, 6.07) is 7.64. The summed E-state index contributed by atoms with van der Waals surface area (Å²) in [4.78, 5) is 13.1. The molecule has 0 bridgehead atoms. The van der Waals surface area contributed by atoms with E-state index in [9.17, 15) is 4.79 Å². The highest BCUT2D eigenvalue weighted by Gasteiger charge is 2.15. The van der Waals surface area contributed by atoms with Crippen LogP contribution in [0, 0.1) is 0 Å². The van der Waals surface area contributed by atoms with Gasteiger partial charge in [0.2, 0.25) is 0 Å². The van der Waals surface area contributed by atoms with Gasteiger partial charge in [0.15, 0.2) is 0 Å². The molecule has 2 rings (SSSR count). The zero-order valence-electron chi connectivity index (χ0n) is 12.9. The van der Waals surface area contributed by atoms with Crippen LogP contribution >= 0.6 is 0 Å². The first kappa shape index (κ1) is 15.8. The molecule has 0 spiro atoms. The van der Waals surface area contributed by atoms with Crippen molar-refractivity contribution in [1.29, 1.82) is 0 Å². The second-order valence-corrected chi connectivity index (χ2v) is 5.00. The van der Waals surface area contributed by atoms with Gasteiger partial charge in [-0.25, -0.2) is 0 Å². The molecular weight excluding hydrogens is 270 g/mol. The van der Waals surface area contributed by atoms with Gasteiger partial charge in [-0.2, -0.15) is 0 Å². The van der Waals surface area contributed by atoms with Crippen LogP contribution in [0.5, 0.6) is 0 Å². The van der Waals surface area contributed by atoms with E-state index in [1.165, 1.54) is 5.70 Å². The fourth-order valence-electron chi connectivity index (χ4n) is 2.46. The van der Waals surface area contributed by atoms with Gasteiger partial charge in [0, 0.05) is 22.6 Å². The average molecular weight is 291 g/mol. The third-order valence-electron chi connectivity index (χ3n) is 3.45. The van der Waals surface area contributed by atoms with Crippen molar-refractivity contribution in [3.63, 3.8) is 0 Å². The van der Waals surface area contributed by atoms with Crippen LogP contribution < -0.4 is 4.90 Å². The maximum Gasteiger partial charge on any atom is 0.150 e. The predicted molar refractivity (Wildman–Crippen MR) is 93.9 cm³/mol.